The topological polar surface area (TPSA) is 18.5 Å². The van der Waals surface area contributed by atoms with Crippen LogP contribution in [0.25, 0.3) is 0 Å². The van der Waals surface area contributed by atoms with Crippen molar-refractivity contribution in [2.24, 2.45) is 0 Å². The Hall–Kier alpha value is -1.53. The van der Waals surface area contributed by atoms with Gasteiger partial charge in [-0.05, 0) is 6.07 Å². The number of methoxy groups -OCH3 is 2. The van der Waals surface area contributed by atoms with Gasteiger partial charge in [-0.15, -0.1) is 0 Å². The molecular weight excluding hydrogens is 235 g/mol. The molecule has 0 N–H and O–H groups in total. The molecule has 0 amide bonds. The Labute approximate surface area is 87.6 Å². The van der Waals surface area contributed by atoms with Crippen molar-refractivity contribution in [1.82, 2.24) is 0 Å². The molecule has 0 aliphatic carbocycles. The number of ether oxygens (including phenoxy) is 2. The molecular formula is C9H7F5O2. The van der Waals surface area contributed by atoms with Gasteiger partial charge in [-0.25, -0.2) is 4.39 Å². The first-order valence-corrected chi connectivity index (χ1v) is 4.00. The fraction of sp³-hybridized carbons (Fsp3) is 0.333. The average Bonchev–Trinajstić information content (AvgIpc) is 2.19. The second-order valence-electron chi connectivity index (χ2n) is 2.79. The standard InChI is InChI=1S/C9H7F5O2/c1-15-5-3-4(9(12,13)14)6(10)7(11)8(5)16-2/h3H,1-2H3. The Morgan fingerprint density at radius 1 is 1.00 bits per heavy atom. The minimum Gasteiger partial charge on any atom is -0.493 e. The van der Waals surface area contributed by atoms with Gasteiger partial charge in [-0.2, -0.15) is 17.6 Å². The van der Waals surface area contributed by atoms with E-state index in [2.05, 4.69) is 9.47 Å². The van der Waals surface area contributed by atoms with Gasteiger partial charge in [0.05, 0.1) is 19.8 Å². The van der Waals surface area contributed by atoms with Crippen LogP contribution in [-0.2, 0) is 6.18 Å². The average molecular weight is 242 g/mol. The van der Waals surface area contributed by atoms with Crippen LogP contribution in [0.3, 0.4) is 0 Å². The molecule has 0 bridgehead atoms. The van der Waals surface area contributed by atoms with E-state index >= 15 is 0 Å². The maximum atomic E-state index is 13.2. The second kappa shape index (κ2) is 4.15. The zero-order chi connectivity index (χ0) is 12.5. The zero-order valence-corrected chi connectivity index (χ0v) is 8.28. The lowest BCUT2D eigenvalue weighted by Crippen LogP contribution is -2.11. The van der Waals surface area contributed by atoms with Crippen LogP contribution in [0.1, 0.15) is 5.56 Å². The summed E-state index contributed by atoms with van der Waals surface area (Å²) in [6, 6.07) is 0.344. The molecule has 1 aromatic carbocycles. The summed E-state index contributed by atoms with van der Waals surface area (Å²) in [5, 5.41) is 0. The summed E-state index contributed by atoms with van der Waals surface area (Å²) in [5.41, 5.74) is -1.73. The summed E-state index contributed by atoms with van der Waals surface area (Å²) in [5.74, 6) is -4.96. The van der Waals surface area contributed by atoms with Crippen LogP contribution >= 0.6 is 0 Å². The number of benzene rings is 1. The quantitative estimate of drug-likeness (QED) is 0.742. The van der Waals surface area contributed by atoms with Gasteiger partial charge < -0.3 is 9.47 Å². The third kappa shape index (κ3) is 2.02. The molecule has 7 heteroatoms. The molecule has 0 atom stereocenters. The Kier molecular flexibility index (Phi) is 3.25. The van der Waals surface area contributed by atoms with E-state index in [9.17, 15) is 22.0 Å². The van der Waals surface area contributed by atoms with Crippen molar-refractivity contribution in [3.63, 3.8) is 0 Å². The highest BCUT2D eigenvalue weighted by Crippen LogP contribution is 2.40. The lowest BCUT2D eigenvalue weighted by Gasteiger charge is -2.13. The summed E-state index contributed by atoms with van der Waals surface area (Å²) in [6.07, 6.45) is -5.00. The Balaban J connectivity index is 3.51. The fourth-order valence-corrected chi connectivity index (χ4v) is 1.13. The van der Waals surface area contributed by atoms with Gasteiger partial charge in [0.15, 0.2) is 17.3 Å². The highest BCUT2D eigenvalue weighted by Gasteiger charge is 2.38. The largest absolute Gasteiger partial charge is 0.493 e. The van der Waals surface area contributed by atoms with Crippen molar-refractivity contribution >= 4 is 0 Å². The van der Waals surface area contributed by atoms with Crippen LogP contribution in [-0.4, -0.2) is 14.2 Å². The Morgan fingerprint density at radius 2 is 1.56 bits per heavy atom. The second-order valence-corrected chi connectivity index (χ2v) is 2.79. The maximum absolute atomic E-state index is 13.2. The van der Waals surface area contributed by atoms with E-state index in [1.54, 1.807) is 0 Å². The molecule has 0 aromatic heterocycles. The minimum atomic E-state index is -5.00. The third-order valence-corrected chi connectivity index (χ3v) is 1.86. The highest BCUT2D eigenvalue weighted by atomic mass is 19.4. The molecule has 0 aliphatic heterocycles. The smallest absolute Gasteiger partial charge is 0.419 e. The summed E-state index contributed by atoms with van der Waals surface area (Å²) < 4.78 is 71.9. The molecule has 0 spiro atoms. The van der Waals surface area contributed by atoms with E-state index in [0.717, 1.165) is 14.2 Å². The van der Waals surface area contributed by atoms with E-state index in [1.807, 2.05) is 0 Å². The van der Waals surface area contributed by atoms with Crippen molar-refractivity contribution in [1.29, 1.82) is 0 Å². The molecule has 0 heterocycles. The Bertz CT molecular complexity index is 400. The molecule has 90 valence electrons. The van der Waals surface area contributed by atoms with Gasteiger partial charge in [-0.3, -0.25) is 0 Å². The predicted octanol–water partition coefficient (Wildman–Crippen LogP) is 3.00. The van der Waals surface area contributed by atoms with Gasteiger partial charge in [0.2, 0.25) is 5.82 Å². The monoisotopic (exact) mass is 242 g/mol. The summed E-state index contributed by atoms with van der Waals surface area (Å²) >= 11 is 0. The van der Waals surface area contributed by atoms with Crippen LogP contribution < -0.4 is 9.47 Å². The van der Waals surface area contributed by atoms with Crippen molar-refractivity contribution in [3.05, 3.63) is 23.3 Å². The molecule has 2 nitrogen and oxygen atoms in total. The molecule has 0 radical (unpaired) electrons. The van der Waals surface area contributed by atoms with Crippen LogP contribution in [0.5, 0.6) is 11.5 Å². The number of rotatable bonds is 2. The zero-order valence-electron chi connectivity index (χ0n) is 8.28. The summed E-state index contributed by atoms with van der Waals surface area (Å²) in [7, 11) is 2.02. The highest BCUT2D eigenvalue weighted by molar-refractivity contribution is 5.46. The van der Waals surface area contributed by atoms with Crippen LogP contribution in [0, 0.1) is 11.6 Å². The molecule has 0 fully saturated rings. The number of halogens is 5. The van der Waals surface area contributed by atoms with Crippen molar-refractivity contribution in [2.45, 2.75) is 6.18 Å². The van der Waals surface area contributed by atoms with Gasteiger partial charge in [0.25, 0.3) is 0 Å². The van der Waals surface area contributed by atoms with Crippen molar-refractivity contribution < 1.29 is 31.4 Å². The molecule has 16 heavy (non-hydrogen) atoms. The molecule has 1 rings (SSSR count). The SMILES string of the molecule is COc1cc(C(F)(F)F)c(F)c(F)c1OC. The summed E-state index contributed by atoms with van der Waals surface area (Å²) in [4.78, 5) is 0. The lowest BCUT2D eigenvalue weighted by molar-refractivity contribution is -0.140. The molecule has 0 saturated carbocycles. The van der Waals surface area contributed by atoms with Crippen LogP contribution in [0.4, 0.5) is 22.0 Å². The molecule has 0 unspecified atom stereocenters. The van der Waals surface area contributed by atoms with E-state index in [0.29, 0.717) is 6.07 Å². The van der Waals surface area contributed by atoms with E-state index < -0.39 is 34.9 Å². The maximum Gasteiger partial charge on any atom is 0.419 e. The first-order valence-electron chi connectivity index (χ1n) is 4.00. The minimum absolute atomic E-state index is 0.344. The van der Waals surface area contributed by atoms with Crippen LogP contribution in [0.2, 0.25) is 0 Å². The van der Waals surface area contributed by atoms with Gasteiger partial charge in [0, 0.05) is 0 Å². The predicted molar refractivity (Wildman–Crippen MR) is 44.5 cm³/mol. The summed E-state index contributed by atoms with van der Waals surface area (Å²) in [6.45, 7) is 0. The fourth-order valence-electron chi connectivity index (χ4n) is 1.13. The van der Waals surface area contributed by atoms with Gasteiger partial charge in [0.1, 0.15) is 0 Å². The lowest BCUT2D eigenvalue weighted by atomic mass is 10.1. The Morgan fingerprint density at radius 3 is 1.94 bits per heavy atom. The van der Waals surface area contributed by atoms with Gasteiger partial charge in [-0.1, -0.05) is 0 Å². The first-order chi connectivity index (χ1) is 7.32. The first kappa shape index (κ1) is 12.5. The normalized spacial score (nSPS) is 11.4. The van der Waals surface area contributed by atoms with Crippen LogP contribution in [0.15, 0.2) is 6.07 Å². The molecule has 0 aliphatic rings. The third-order valence-electron chi connectivity index (χ3n) is 1.86. The molecule has 0 saturated heterocycles. The number of hydrogen-bond acceptors (Lipinski definition) is 2. The molecule has 1 aromatic rings. The van der Waals surface area contributed by atoms with E-state index in [1.165, 1.54) is 0 Å². The number of hydrogen-bond donors (Lipinski definition) is 0. The van der Waals surface area contributed by atoms with Crippen molar-refractivity contribution in [3.8, 4) is 11.5 Å². The van der Waals surface area contributed by atoms with Gasteiger partial charge >= 0.3 is 6.18 Å². The number of alkyl halides is 3. The van der Waals surface area contributed by atoms with E-state index in [4.69, 9.17) is 0 Å². The van der Waals surface area contributed by atoms with Crippen molar-refractivity contribution in [2.75, 3.05) is 14.2 Å². The van der Waals surface area contributed by atoms with E-state index in [-0.39, 0.29) is 0 Å².